The zero-order chi connectivity index (χ0) is 17.1. The zero-order valence-electron chi connectivity index (χ0n) is 14.7. The Morgan fingerprint density at radius 1 is 1.21 bits per heavy atom. The summed E-state index contributed by atoms with van der Waals surface area (Å²) >= 11 is 1.47. The molecule has 1 saturated carbocycles. The van der Waals surface area contributed by atoms with E-state index in [0.717, 1.165) is 30.7 Å². The second kappa shape index (κ2) is 7.68. The van der Waals surface area contributed by atoms with Gasteiger partial charge in [0.1, 0.15) is 0 Å². The number of thiophene rings is 1. The molecule has 1 aliphatic carbocycles. The predicted octanol–water partition coefficient (Wildman–Crippen LogP) is 3.54. The quantitative estimate of drug-likeness (QED) is 0.908. The maximum Gasteiger partial charge on any atom is 0.263 e. The SMILES string of the molecule is CC1CCCC(NC(=O)C2CCCN(C(=O)c3cccs3)C2)C1C. The highest BCUT2D eigenvalue weighted by Gasteiger charge is 2.33. The van der Waals surface area contributed by atoms with Crippen LogP contribution in [0.15, 0.2) is 17.5 Å². The molecule has 5 heteroatoms. The molecule has 1 N–H and O–H groups in total. The Kier molecular flexibility index (Phi) is 5.59. The van der Waals surface area contributed by atoms with Crippen LogP contribution in [0.25, 0.3) is 0 Å². The van der Waals surface area contributed by atoms with Gasteiger partial charge in [0.05, 0.1) is 10.8 Å². The van der Waals surface area contributed by atoms with Gasteiger partial charge in [0, 0.05) is 19.1 Å². The van der Waals surface area contributed by atoms with E-state index in [1.165, 1.54) is 24.2 Å². The van der Waals surface area contributed by atoms with Crippen LogP contribution in [0.4, 0.5) is 0 Å². The maximum absolute atomic E-state index is 12.7. The fourth-order valence-corrected chi connectivity index (χ4v) is 4.71. The average molecular weight is 349 g/mol. The summed E-state index contributed by atoms with van der Waals surface area (Å²) in [6.07, 6.45) is 5.34. The van der Waals surface area contributed by atoms with Crippen LogP contribution in [0.5, 0.6) is 0 Å². The molecule has 2 amide bonds. The Morgan fingerprint density at radius 2 is 2.04 bits per heavy atom. The number of likely N-dealkylation sites (tertiary alicyclic amines) is 1. The largest absolute Gasteiger partial charge is 0.353 e. The van der Waals surface area contributed by atoms with E-state index in [1.54, 1.807) is 0 Å². The first kappa shape index (κ1) is 17.5. The highest BCUT2D eigenvalue weighted by molar-refractivity contribution is 7.12. The fourth-order valence-electron chi connectivity index (χ4n) is 4.02. The second-order valence-corrected chi connectivity index (χ2v) is 8.40. The van der Waals surface area contributed by atoms with Crippen LogP contribution in [0, 0.1) is 17.8 Å². The highest BCUT2D eigenvalue weighted by atomic mass is 32.1. The number of piperidine rings is 1. The van der Waals surface area contributed by atoms with Crippen molar-refractivity contribution in [1.29, 1.82) is 0 Å². The molecule has 1 aromatic rings. The molecule has 24 heavy (non-hydrogen) atoms. The molecule has 2 fully saturated rings. The number of amides is 2. The first-order chi connectivity index (χ1) is 11.6. The van der Waals surface area contributed by atoms with E-state index in [-0.39, 0.29) is 17.7 Å². The van der Waals surface area contributed by atoms with Gasteiger partial charge >= 0.3 is 0 Å². The molecule has 1 saturated heterocycles. The molecule has 0 aromatic carbocycles. The summed E-state index contributed by atoms with van der Waals surface area (Å²) in [4.78, 5) is 27.9. The van der Waals surface area contributed by atoms with Crippen molar-refractivity contribution < 1.29 is 9.59 Å². The van der Waals surface area contributed by atoms with Crippen LogP contribution in [-0.4, -0.2) is 35.8 Å². The summed E-state index contributed by atoms with van der Waals surface area (Å²) in [7, 11) is 0. The molecular formula is C19H28N2O2S. The lowest BCUT2D eigenvalue weighted by Gasteiger charge is -2.37. The predicted molar refractivity (Wildman–Crippen MR) is 97.1 cm³/mol. The number of carbonyl (C=O) groups excluding carboxylic acids is 2. The zero-order valence-corrected chi connectivity index (χ0v) is 15.5. The van der Waals surface area contributed by atoms with Crippen molar-refractivity contribution in [2.24, 2.45) is 17.8 Å². The van der Waals surface area contributed by atoms with E-state index in [9.17, 15) is 9.59 Å². The van der Waals surface area contributed by atoms with E-state index < -0.39 is 0 Å². The van der Waals surface area contributed by atoms with Gasteiger partial charge in [0.15, 0.2) is 0 Å². The summed E-state index contributed by atoms with van der Waals surface area (Å²) in [5.74, 6) is 1.36. The van der Waals surface area contributed by atoms with Crippen LogP contribution < -0.4 is 5.32 Å². The smallest absolute Gasteiger partial charge is 0.263 e. The molecule has 4 nitrogen and oxygen atoms in total. The van der Waals surface area contributed by atoms with Crippen molar-refractivity contribution in [3.63, 3.8) is 0 Å². The van der Waals surface area contributed by atoms with E-state index >= 15 is 0 Å². The summed E-state index contributed by atoms with van der Waals surface area (Å²) in [6.45, 7) is 5.85. The minimum Gasteiger partial charge on any atom is -0.353 e. The standard InChI is InChI=1S/C19H28N2O2S/c1-13-6-3-8-16(14(13)2)20-18(22)15-7-4-10-21(12-15)19(23)17-9-5-11-24-17/h5,9,11,13-16H,3-4,6-8,10,12H2,1-2H3,(H,20,22). The van der Waals surface area contributed by atoms with Crippen molar-refractivity contribution >= 4 is 23.2 Å². The van der Waals surface area contributed by atoms with Gasteiger partial charge in [0.2, 0.25) is 5.91 Å². The molecular weight excluding hydrogens is 320 g/mol. The summed E-state index contributed by atoms with van der Waals surface area (Å²) in [6, 6.07) is 4.06. The Morgan fingerprint density at radius 3 is 2.79 bits per heavy atom. The van der Waals surface area contributed by atoms with Crippen molar-refractivity contribution in [3.8, 4) is 0 Å². The van der Waals surface area contributed by atoms with Gasteiger partial charge in [-0.05, 0) is 42.5 Å². The van der Waals surface area contributed by atoms with Crippen molar-refractivity contribution in [1.82, 2.24) is 10.2 Å². The molecule has 2 heterocycles. The molecule has 1 aliphatic heterocycles. The Balaban J connectivity index is 1.58. The van der Waals surface area contributed by atoms with Gasteiger partial charge in [-0.15, -0.1) is 11.3 Å². The van der Waals surface area contributed by atoms with E-state index in [2.05, 4.69) is 19.2 Å². The summed E-state index contributed by atoms with van der Waals surface area (Å²) < 4.78 is 0. The summed E-state index contributed by atoms with van der Waals surface area (Å²) in [5.41, 5.74) is 0. The monoisotopic (exact) mass is 348 g/mol. The molecule has 0 radical (unpaired) electrons. The van der Waals surface area contributed by atoms with Crippen molar-refractivity contribution in [2.45, 2.75) is 52.0 Å². The lowest BCUT2D eigenvalue weighted by molar-refractivity contribution is -0.127. The Labute approximate surface area is 148 Å². The van der Waals surface area contributed by atoms with Crippen LogP contribution in [0.1, 0.15) is 55.6 Å². The van der Waals surface area contributed by atoms with Gasteiger partial charge in [0.25, 0.3) is 5.91 Å². The second-order valence-electron chi connectivity index (χ2n) is 7.45. The lowest BCUT2D eigenvalue weighted by Crippen LogP contribution is -2.50. The Bertz CT molecular complexity index is 572. The Hall–Kier alpha value is -1.36. The number of nitrogens with zero attached hydrogens (tertiary/aromatic N) is 1. The third-order valence-electron chi connectivity index (χ3n) is 5.85. The maximum atomic E-state index is 12.7. The number of rotatable bonds is 3. The minimum absolute atomic E-state index is 0.0629. The molecule has 1 aromatic heterocycles. The van der Waals surface area contributed by atoms with Gasteiger partial charge in [-0.2, -0.15) is 0 Å². The lowest BCUT2D eigenvalue weighted by atomic mass is 9.78. The molecule has 2 aliphatic rings. The number of nitrogens with one attached hydrogen (secondary N) is 1. The topological polar surface area (TPSA) is 49.4 Å². The minimum atomic E-state index is -0.0629. The fraction of sp³-hybridized carbons (Fsp3) is 0.684. The molecule has 4 unspecified atom stereocenters. The van der Waals surface area contributed by atoms with E-state index in [1.807, 2.05) is 22.4 Å². The highest BCUT2D eigenvalue weighted by Crippen LogP contribution is 2.30. The van der Waals surface area contributed by atoms with Crippen LogP contribution in [0.2, 0.25) is 0 Å². The normalized spacial score (nSPS) is 30.8. The van der Waals surface area contributed by atoms with Crippen molar-refractivity contribution in [2.75, 3.05) is 13.1 Å². The third kappa shape index (κ3) is 3.82. The van der Waals surface area contributed by atoms with Crippen LogP contribution in [-0.2, 0) is 4.79 Å². The van der Waals surface area contributed by atoms with Crippen LogP contribution >= 0.6 is 11.3 Å². The van der Waals surface area contributed by atoms with Crippen LogP contribution in [0.3, 0.4) is 0 Å². The van der Waals surface area contributed by atoms with Gasteiger partial charge in [-0.3, -0.25) is 9.59 Å². The van der Waals surface area contributed by atoms with Gasteiger partial charge in [-0.25, -0.2) is 0 Å². The third-order valence-corrected chi connectivity index (χ3v) is 6.70. The van der Waals surface area contributed by atoms with E-state index in [0.29, 0.717) is 24.4 Å². The first-order valence-electron chi connectivity index (χ1n) is 9.19. The molecule has 4 atom stereocenters. The van der Waals surface area contributed by atoms with Crippen molar-refractivity contribution in [3.05, 3.63) is 22.4 Å². The molecule has 0 spiro atoms. The molecule has 0 bridgehead atoms. The van der Waals surface area contributed by atoms with E-state index in [4.69, 9.17) is 0 Å². The van der Waals surface area contributed by atoms with Gasteiger partial charge in [-0.1, -0.05) is 32.8 Å². The summed E-state index contributed by atoms with van der Waals surface area (Å²) in [5, 5.41) is 5.21. The number of hydrogen-bond acceptors (Lipinski definition) is 3. The molecule has 3 rings (SSSR count). The molecule has 132 valence electrons. The van der Waals surface area contributed by atoms with Gasteiger partial charge < -0.3 is 10.2 Å². The first-order valence-corrected chi connectivity index (χ1v) is 10.1. The average Bonchev–Trinajstić information content (AvgIpc) is 3.13. The number of carbonyl (C=O) groups is 2. The number of hydrogen-bond donors (Lipinski definition) is 1.